The van der Waals surface area contributed by atoms with Gasteiger partial charge in [0.25, 0.3) is 0 Å². The van der Waals surface area contributed by atoms with E-state index in [2.05, 4.69) is 5.32 Å². The van der Waals surface area contributed by atoms with Crippen molar-refractivity contribution in [1.82, 2.24) is 5.32 Å². The van der Waals surface area contributed by atoms with E-state index in [-0.39, 0.29) is 11.7 Å². The van der Waals surface area contributed by atoms with E-state index in [0.717, 1.165) is 5.56 Å². The summed E-state index contributed by atoms with van der Waals surface area (Å²) in [7, 11) is 0. The summed E-state index contributed by atoms with van der Waals surface area (Å²) in [6, 6.07) is 7.34. The van der Waals surface area contributed by atoms with Gasteiger partial charge in [-0.3, -0.25) is 9.59 Å². The Hall–Kier alpha value is -1.68. The Morgan fingerprint density at radius 2 is 2.06 bits per heavy atom. The monoisotopic (exact) mass is 231 g/mol. The summed E-state index contributed by atoms with van der Waals surface area (Å²) in [5.41, 5.74) is 0.617. The SMILES string of the molecule is O=C1NC(O)CCC12Cc1ccccc1C2=O. The lowest BCUT2D eigenvalue weighted by molar-refractivity contribution is -0.135. The van der Waals surface area contributed by atoms with Crippen LogP contribution in [0.4, 0.5) is 0 Å². The quantitative estimate of drug-likeness (QED) is 0.644. The van der Waals surface area contributed by atoms with Gasteiger partial charge in [0, 0.05) is 5.56 Å². The summed E-state index contributed by atoms with van der Waals surface area (Å²) in [6.45, 7) is 0. The van der Waals surface area contributed by atoms with Crippen LogP contribution in [0.25, 0.3) is 0 Å². The van der Waals surface area contributed by atoms with Crippen LogP contribution in [0, 0.1) is 5.41 Å². The number of carbonyl (C=O) groups is 2. The van der Waals surface area contributed by atoms with Gasteiger partial charge in [0.15, 0.2) is 5.78 Å². The number of amides is 1. The molecular weight excluding hydrogens is 218 g/mol. The molecule has 2 unspecified atom stereocenters. The molecule has 1 fully saturated rings. The van der Waals surface area contributed by atoms with Crippen LogP contribution in [-0.4, -0.2) is 23.0 Å². The number of nitrogens with one attached hydrogen (secondary N) is 1. The molecule has 2 aliphatic rings. The summed E-state index contributed by atoms with van der Waals surface area (Å²) >= 11 is 0. The van der Waals surface area contributed by atoms with Gasteiger partial charge >= 0.3 is 0 Å². The van der Waals surface area contributed by atoms with Crippen LogP contribution >= 0.6 is 0 Å². The van der Waals surface area contributed by atoms with E-state index in [1.807, 2.05) is 18.2 Å². The minimum absolute atomic E-state index is 0.0995. The predicted molar refractivity (Wildman–Crippen MR) is 60.3 cm³/mol. The zero-order valence-corrected chi connectivity index (χ0v) is 9.27. The third-order valence-electron chi connectivity index (χ3n) is 3.77. The van der Waals surface area contributed by atoms with Crippen LogP contribution in [0.5, 0.6) is 0 Å². The molecule has 1 aromatic carbocycles. The maximum absolute atomic E-state index is 12.3. The molecular formula is C13H13NO3. The number of carbonyl (C=O) groups excluding carboxylic acids is 2. The number of Topliss-reactive ketones (excluding diaryl/α,β-unsaturated/α-hetero) is 1. The Morgan fingerprint density at radius 3 is 2.76 bits per heavy atom. The maximum atomic E-state index is 12.3. The number of hydrogen-bond acceptors (Lipinski definition) is 3. The van der Waals surface area contributed by atoms with Gasteiger partial charge in [-0.05, 0) is 24.8 Å². The van der Waals surface area contributed by atoms with Gasteiger partial charge in [-0.25, -0.2) is 0 Å². The smallest absolute Gasteiger partial charge is 0.236 e. The number of ketones is 1. The van der Waals surface area contributed by atoms with Crippen molar-refractivity contribution in [1.29, 1.82) is 0 Å². The highest BCUT2D eigenvalue weighted by molar-refractivity contribution is 6.17. The molecule has 1 aromatic rings. The molecule has 0 radical (unpaired) electrons. The third kappa shape index (κ3) is 1.34. The topological polar surface area (TPSA) is 66.4 Å². The molecule has 0 saturated carbocycles. The Labute approximate surface area is 98.6 Å². The molecule has 17 heavy (non-hydrogen) atoms. The largest absolute Gasteiger partial charge is 0.374 e. The molecule has 1 aliphatic heterocycles. The van der Waals surface area contributed by atoms with Gasteiger partial charge in [0.05, 0.1) is 0 Å². The third-order valence-corrected chi connectivity index (χ3v) is 3.77. The molecule has 3 rings (SSSR count). The van der Waals surface area contributed by atoms with Crippen molar-refractivity contribution < 1.29 is 14.7 Å². The molecule has 4 nitrogen and oxygen atoms in total. The lowest BCUT2D eigenvalue weighted by Crippen LogP contribution is -2.53. The highest BCUT2D eigenvalue weighted by atomic mass is 16.3. The summed E-state index contributed by atoms with van der Waals surface area (Å²) < 4.78 is 0. The van der Waals surface area contributed by atoms with Gasteiger partial charge in [-0.15, -0.1) is 0 Å². The molecule has 1 amide bonds. The minimum Gasteiger partial charge on any atom is -0.374 e. The van der Waals surface area contributed by atoms with Crippen LogP contribution in [0.2, 0.25) is 0 Å². The average Bonchev–Trinajstić information content (AvgIpc) is 2.60. The number of fused-ring (bicyclic) bond motifs is 1. The van der Waals surface area contributed by atoms with Crippen LogP contribution in [0.15, 0.2) is 24.3 Å². The highest BCUT2D eigenvalue weighted by Crippen LogP contribution is 2.42. The first-order valence-corrected chi connectivity index (χ1v) is 5.75. The Bertz CT molecular complexity index is 511. The number of benzene rings is 1. The first-order valence-electron chi connectivity index (χ1n) is 5.75. The Balaban J connectivity index is 2.03. The van der Waals surface area contributed by atoms with Crippen molar-refractivity contribution in [2.75, 3.05) is 0 Å². The van der Waals surface area contributed by atoms with E-state index in [1.54, 1.807) is 6.07 Å². The van der Waals surface area contributed by atoms with Gasteiger partial charge in [0.2, 0.25) is 5.91 Å². The normalized spacial score (nSPS) is 31.5. The van der Waals surface area contributed by atoms with E-state index in [1.165, 1.54) is 0 Å². The van der Waals surface area contributed by atoms with E-state index in [4.69, 9.17) is 0 Å². The van der Waals surface area contributed by atoms with Crippen molar-refractivity contribution in [3.05, 3.63) is 35.4 Å². The highest BCUT2D eigenvalue weighted by Gasteiger charge is 2.53. The number of aliphatic hydroxyl groups is 1. The van der Waals surface area contributed by atoms with Crippen LogP contribution in [0.3, 0.4) is 0 Å². The molecule has 2 N–H and O–H groups in total. The lowest BCUT2D eigenvalue weighted by atomic mass is 9.76. The predicted octanol–water partition coefficient (Wildman–Crippen LogP) is 0.640. The number of aliphatic hydroxyl groups excluding tert-OH is 1. The van der Waals surface area contributed by atoms with Crippen molar-refractivity contribution in [2.45, 2.75) is 25.5 Å². The molecule has 0 aromatic heterocycles. The van der Waals surface area contributed by atoms with Gasteiger partial charge in [-0.2, -0.15) is 0 Å². The van der Waals surface area contributed by atoms with Crippen molar-refractivity contribution in [3.8, 4) is 0 Å². The molecule has 2 atom stereocenters. The molecule has 0 bridgehead atoms. The Morgan fingerprint density at radius 1 is 1.29 bits per heavy atom. The van der Waals surface area contributed by atoms with E-state index in [0.29, 0.717) is 24.8 Å². The minimum atomic E-state index is -0.969. The van der Waals surface area contributed by atoms with Gasteiger partial charge < -0.3 is 10.4 Å². The lowest BCUT2D eigenvalue weighted by Gasteiger charge is -2.33. The van der Waals surface area contributed by atoms with Crippen LogP contribution in [0.1, 0.15) is 28.8 Å². The van der Waals surface area contributed by atoms with Crippen molar-refractivity contribution >= 4 is 11.7 Å². The molecule has 88 valence electrons. The molecule has 1 aliphatic carbocycles. The first kappa shape index (κ1) is 10.5. The fourth-order valence-corrected chi connectivity index (χ4v) is 2.80. The first-order chi connectivity index (χ1) is 8.13. The van der Waals surface area contributed by atoms with E-state index >= 15 is 0 Å². The maximum Gasteiger partial charge on any atom is 0.236 e. The molecule has 4 heteroatoms. The molecule has 1 spiro atoms. The molecule has 1 heterocycles. The average molecular weight is 231 g/mol. The number of rotatable bonds is 0. The van der Waals surface area contributed by atoms with Crippen molar-refractivity contribution in [3.63, 3.8) is 0 Å². The number of hydrogen-bond donors (Lipinski definition) is 2. The van der Waals surface area contributed by atoms with E-state index in [9.17, 15) is 14.7 Å². The second kappa shape index (κ2) is 3.40. The van der Waals surface area contributed by atoms with E-state index < -0.39 is 11.6 Å². The summed E-state index contributed by atoms with van der Waals surface area (Å²) in [5, 5.41) is 11.9. The second-order valence-corrected chi connectivity index (χ2v) is 4.77. The fraction of sp³-hybridized carbons (Fsp3) is 0.385. The summed E-state index contributed by atoms with van der Waals surface area (Å²) in [6.07, 6.45) is 0.504. The molecule has 1 saturated heterocycles. The number of piperidine rings is 1. The fourth-order valence-electron chi connectivity index (χ4n) is 2.80. The second-order valence-electron chi connectivity index (χ2n) is 4.77. The van der Waals surface area contributed by atoms with Crippen LogP contribution < -0.4 is 5.32 Å². The van der Waals surface area contributed by atoms with Gasteiger partial charge in [-0.1, -0.05) is 24.3 Å². The summed E-state index contributed by atoms with van der Waals surface area (Å²) in [5.74, 6) is -0.435. The Kier molecular flexibility index (Phi) is 2.10. The zero-order valence-electron chi connectivity index (χ0n) is 9.27. The van der Waals surface area contributed by atoms with Crippen LogP contribution in [-0.2, 0) is 11.2 Å². The van der Waals surface area contributed by atoms with Gasteiger partial charge in [0.1, 0.15) is 11.6 Å². The van der Waals surface area contributed by atoms with Crippen molar-refractivity contribution in [2.24, 2.45) is 5.41 Å². The zero-order chi connectivity index (χ0) is 12.0. The standard InChI is InChI=1S/C13H13NO3/c15-10-5-6-13(12(17)14-10)7-8-3-1-2-4-9(8)11(13)16/h1-4,10,15H,5-7H2,(H,14,17). The summed E-state index contributed by atoms with van der Waals surface area (Å²) in [4.78, 5) is 24.4.